The van der Waals surface area contributed by atoms with Crippen LogP contribution in [0.25, 0.3) is 0 Å². The molecule has 0 aromatic carbocycles. The van der Waals surface area contributed by atoms with E-state index in [0.29, 0.717) is 36.9 Å². The van der Waals surface area contributed by atoms with Gasteiger partial charge in [0.1, 0.15) is 5.78 Å². The lowest BCUT2D eigenvalue weighted by atomic mass is 9.86. The topological polar surface area (TPSA) is 61.8 Å². The SMILES string of the molecule is CCCCCCCC(=O)CCC1C(OP)CC(OP)C1C/C=C/CCCC(=O)OC(C)C. The Labute approximate surface area is 200 Å². The first-order chi connectivity index (χ1) is 15.4. The van der Waals surface area contributed by atoms with Crippen molar-refractivity contribution in [2.24, 2.45) is 11.8 Å². The quantitative estimate of drug-likeness (QED) is 0.0924. The third kappa shape index (κ3) is 12.2. The predicted molar refractivity (Wildman–Crippen MR) is 137 cm³/mol. The minimum absolute atomic E-state index is 0.0546. The summed E-state index contributed by atoms with van der Waals surface area (Å²) in [5.41, 5.74) is 0. The van der Waals surface area contributed by atoms with Gasteiger partial charge in [-0.3, -0.25) is 9.59 Å². The van der Waals surface area contributed by atoms with E-state index in [4.69, 9.17) is 13.8 Å². The second-order valence-electron chi connectivity index (χ2n) is 9.29. The Morgan fingerprint density at radius 3 is 2.25 bits per heavy atom. The number of carbonyl (C=O) groups excluding carboxylic acids is 2. The number of ketones is 1. The zero-order valence-corrected chi connectivity index (χ0v) is 22.7. The van der Waals surface area contributed by atoms with Crippen LogP contribution in [0, 0.1) is 11.8 Å². The zero-order chi connectivity index (χ0) is 23.8. The number of carbonyl (C=O) groups is 2. The molecule has 0 saturated heterocycles. The van der Waals surface area contributed by atoms with E-state index in [9.17, 15) is 9.59 Å². The van der Waals surface area contributed by atoms with Crippen LogP contribution in [0.4, 0.5) is 0 Å². The molecule has 1 aliphatic rings. The van der Waals surface area contributed by atoms with Crippen LogP contribution in [0.1, 0.15) is 104 Å². The standard InChI is InChI=1S/C25H46O5P2/c1-4-5-6-7-10-13-20(26)16-17-22-21(23(29-31)18-24(22)30-32)14-11-8-9-12-15-25(27)28-19(2)3/h8,11,19,21-24H,4-7,9-10,12-18,31-32H2,1-3H3/b11-8+. The highest BCUT2D eigenvalue weighted by molar-refractivity contribution is 7.10. The van der Waals surface area contributed by atoms with Gasteiger partial charge in [-0.2, -0.15) is 0 Å². The highest BCUT2D eigenvalue weighted by atomic mass is 31.0. The smallest absolute Gasteiger partial charge is 0.306 e. The maximum atomic E-state index is 12.4. The molecule has 0 radical (unpaired) electrons. The Bertz CT molecular complexity index is 552. The van der Waals surface area contributed by atoms with Crippen LogP contribution >= 0.6 is 18.9 Å². The number of Topliss-reactive ketones (excluding diaryl/α,β-unsaturated/α-hetero) is 1. The van der Waals surface area contributed by atoms with Crippen LogP contribution in [0.3, 0.4) is 0 Å². The van der Waals surface area contributed by atoms with Gasteiger partial charge in [0.15, 0.2) is 0 Å². The van der Waals surface area contributed by atoms with Crippen molar-refractivity contribution in [2.45, 2.75) is 123 Å². The van der Waals surface area contributed by atoms with Gasteiger partial charge in [0.2, 0.25) is 0 Å². The number of unbranched alkanes of at least 4 members (excludes halogenated alkanes) is 5. The van der Waals surface area contributed by atoms with Gasteiger partial charge >= 0.3 is 5.97 Å². The van der Waals surface area contributed by atoms with E-state index in [0.717, 1.165) is 44.9 Å². The Kier molecular flexibility index (Phi) is 16.7. The molecular weight excluding hydrogens is 442 g/mol. The Morgan fingerprint density at radius 2 is 1.59 bits per heavy atom. The molecule has 0 N–H and O–H groups in total. The monoisotopic (exact) mass is 488 g/mol. The van der Waals surface area contributed by atoms with Crippen molar-refractivity contribution in [3.63, 3.8) is 0 Å². The lowest BCUT2D eigenvalue weighted by molar-refractivity contribution is -0.147. The second-order valence-corrected chi connectivity index (χ2v) is 9.84. The average Bonchev–Trinajstić information content (AvgIpc) is 3.10. The molecule has 1 fully saturated rings. The van der Waals surface area contributed by atoms with Crippen LogP contribution in [0.2, 0.25) is 0 Å². The number of ether oxygens (including phenoxy) is 1. The summed E-state index contributed by atoms with van der Waals surface area (Å²) >= 11 is 0. The van der Waals surface area contributed by atoms with Gasteiger partial charge < -0.3 is 13.8 Å². The van der Waals surface area contributed by atoms with Gasteiger partial charge in [-0.1, -0.05) is 44.8 Å². The van der Waals surface area contributed by atoms with Gasteiger partial charge in [-0.25, -0.2) is 0 Å². The van der Waals surface area contributed by atoms with Crippen LogP contribution in [0.15, 0.2) is 12.2 Å². The van der Waals surface area contributed by atoms with Crippen molar-refractivity contribution in [1.82, 2.24) is 0 Å². The molecule has 5 nitrogen and oxygen atoms in total. The number of hydrogen-bond donors (Lipinski definition) is 0. The maximum absolute atomic E-state index is 12.4. The van der Waals surface area contributed by atoms with E-state index in [1.807, 2.05) is 13.8 Å². The van der Waals surface area contributed by atoms with Crippen molar-refractivity contribution in [1.29, 1.82) is 0 Å². The number of rotatable bonds is 18. The highest BCUT2D eigenvalue weighted by Gasteiger charge is 2.43. The largest absolute Gasteiger partial charge is 0.463 e. The normalized spacial score (nSPS) is 23.3. The van der Waals surface area contributed by atoms with Crippen LogP contribution in [0.5, 0.6) is 0 Å². The molecule has 32 heavy (non-hydrogen) atoms. The molecular formula is C25H46O5P2. The van der Waals surface area contributed by atoms with Crippen molar-refractivity contribution in [3.05, 3.63) is 12.2 Å². The Morgan fingerprint density at radius 1 is 0.906 bits per heavy atom. The summed E-state index contributed by atoms with van der Waals surface area (Å²) in [6.07, 6.45) is 16.5. The molecule has 1 aliphatic carbocycles. The van der Waals surface area contributed by atoms with Gasteiger partial charge in [0.05, 0.1) is 18.3 Å². The summed E-state index contributed by atoms with van der Waals surface area (Å²) in [5, 5.41) is 0. The summed E-state index contributed by atoms with van der Waals surface area (Å²) in [6.45, 7) is 5.94. The van der Waals surface area contributed by atoms with Gasteiger partial charge in [0.25, 0.3) is 0 Å². The molecule has 0 amide bonds. The fourth-order valence-corrected chi connectivity index (χ4v) is 5.23. The third-order valence-corrected chi connectivity index (χ3v) is 7.03. The van der Waals surface area contributed by atoms with E-state index in [2.05, 4.69) is 38.0 Å². The van der Waals surface area contributed by atoms with Crippen molar-refractivity contribution >= 4 is 30.7 Å². The molecule has 6 unspecified atom stereocenters. The summed E-state index contributed by atoms with van der Waals surface area (Å²) in [7, 11) is 4.81. The van der Waals surface area contributed by atoms with E-state index >= 15 is 0 Å². The molecule has 0 spiro atoms. The molecule has 186 valence electrons. The first-order valence-electron chi connectivity index (χ1n) is 12.5. The van der Waals surface area contributed by atoms with Crippen molar-refractivity contribution in [3.8, 4) is 0 Å². The molecule has 0 bridgehead atoms. The summed E-state index contributed by atoms with van der Waals surface area (Å²) in [5.74, 6) is 0.892. The van der Waals surface area contributed by atoms with E-state index in [-0.39, 0.29) is 24.3 Å². The van der Waals surface area contributed by atoms with Gasteiger partial charge in [-0.05, 0) is 57.8 Å². The van der Waals surface area contributed by atoms with Crippen molar-refractivity contribution in [2.75, 3.05) is 0 Å². The molecule has 0 aromatic heterocycles. The first-order valence-corrected chi connectivity index (χ1v) is 13.4. The van der Waals surface area contributed by atoms with Crippen LogP contribution < -0.4 is 0 Å². The van der Waals surface area contributed by atoms with Gasteiger partial charge in [-0.15, -0.1) is 0 Å². The van der Waals surface area contributed by atoms with Crippen LogP contribution in [-0.4, -0.2) is 30.1 Å². The number of esters is 1. The summed E-state index contributed by atoms with van der Waals surface area (Å²) in [4.78, 5) is 24.0. The minimum atomic E-state index is -0.129. The Hall–Kier alpha value is -0.340. The molecule has 1 rings (SSSR count). The van der Waals surface area contributed by atoms with Crippen molar-refractivity contribution < 1.29 is 23.4 Å². The minimum Gasteiger partial charge on any atom is -0.463 e. The molecule has 0 aromatic rings. The first kappa shape index (κ1) is 29.7. The molecule has 7 heteroatoms. The maximum Gasteiger partial charge on any atom is 0.306 e. The summed E-state index contributed by atoms with van der Waals surface area (Å²) < 4.78 is 16.5. The number of allylic oxidation sites excluding steroid dienone is 2. The van der Waals surface area contributed by atoms with E-state index < -0.39 is 0 Å². The summed E-state index contributed by atoms with van der Waals surface area (Å²) in [6, 6.07) is 0. The zero-order valence-electron chi connectivity index (χ0n) is 20.4. The highest BCUT2D eigenvalue weighted by Crippen LogP contribution is 2.43. The second kappa shape index (κ2) is 18.0. The van der Waals surface area contributed by atoms with E-state index in [1.54, 1.807) is 0 Å². The number of hydrogen-bond acceptors (Lipinski definition) is 5. The van der Waals surface area contributed by atoms with E-state index in [1.165, 1.54) is 19.3 Å². The molecule has 1 saturated carbocycles. The molecule has 0 aliphatic heterocycles. The lowest BCUT2D eigenvalue weighted by Gasteiger charge is -2.24. The van der Waals surface area contributed by atoms with Gasteiger partial charge in [0, 0.05) is 44.6 Å². The fraction of sp³-hybridized carbons (Fsp3) is 0.840. The molecule has 6 atom stereocenters. The lowest BCUT2D eigenvalue weighted by Crippen LogP contribution is -2.23. The molecule has 0 heterocycles. The van der Waals surface area contributed by atoms with Crippen LogP contribution in [-0.2, 0) is 23.4 Å². The Balaban J connectivity index is 2.46. The predicted octanol–water partition coefficient (Wildman–Crippen LogP) is 6.75. The fourth-order valence-electron chi connectivity index (χ4n) is 4.61. The third-order valence-electron chi connectivity index (χ3n) is 6.33. The average molecular weight is 489 g/mol.